The minimum absolute atomic E-state index is 0.286. The molecule has 208 valence electrons. The van der Waals surface area contributed by atoms with E-state index in [2.05, 4.69) is 145 Å². The Hall–Kier alpha value is -5.01. The Labute approximate surface area is 254 Å². The van der Waals surface area contributed by atoms with Crippen molar-refractivity contribution in [2.24, 2.45) is 0 Å². The monoisotopic (exact) mass is 553 g/mol. The van der Waals surface area contributed by atoms with E-state index in [4.69, 9.17) is 0 Å². The molecule has 0 saturated carbocycles. The number of aromatic nitrogens is 1. The smallest absolute Gasteiger partial charge is 0.0273 e. The van der Waals surface area contributed by atoms with Crippen LogP contribution in [0.5, 0.6) is 0 Å². The summed E-state index contributed by atoms with van der Waals surface area (Å²) in [5, 5.41) is 5.49. The van der Waals surface area contributed by atoms with Crippen molar-refractivity contribution in [3.63, 3.8) is 0 Å². The summed E-state index contributed by atoms with van der Waals surface area (Å²) in [6, 6.07) is 31.0. The van der Waals surface area contributed by atoms with Crippen LogP contribution >= 0.6 is 0 Å². The Balaban J connectivity index is 1.21. The second kappa shape index (κ2) is 12.1. The highest BCUT2D eigenvalue weighted by atomic mass is 14.6. The molecule has 2 aliphatic carbocycles. The van der Waals surface area contributed by atoms with Gasteiger partial charge in [0.1, 0.15) is 0 Å². The van der Waals surface area contributed by atoms with Crippen LogP contribution in [0.3, 0.4) is 0 Å². The first-order valence-electron chi connectivity index (χ1n) is 15.3. The Bertz CT molecular complexity index is 1890. The lowest BCUT2D eigenvalue weighted by Gasteiger charge is -2.27. The molecule has 4 aromatic carbocycles. The van der Waals surface area contributed by atoms with Crippen molar-refractivity contribution in [2.75, 3.05) is 0 Å². The van der Waals surface area contributed by atoms with E-state index in [1.165, 1.54) is 60.5 Å². The average Bonchev–Trinajstić information content (AvgIpc) is 3.08. The Morgan fingerprint density at radius 1 is 0.698 bits per heavy atom. The summed E-state index contributed by atoms with van der Waals surface area (Å²) in [5.74, 6) is 0.675. The van der Waals surface area contributed by atoms with Crippen LogP contribution in [0.1, 0.15) is 41.4 Å². The zero-order valence-electron chi connectivity index (χ0n) is 24.4. The number of hydrogen-bond donors (Lipinski definition) is 0. The lowest BCUT2D eigenvalue weighted by atomic mass is 9.77. The molecule has 0 spiro atoms. The third kappa shape index (κ3) is 5.35. The maximum absolute atomic E-state index is 4.14. The fraction of sp³-hybridized carbons (Fsp3) is 0.119. The lowest BCUT2D eigenvalue weighted by Crippen LogP contribution is -2.07. The number of rotatable bonds is 7. The van der Waals surface area contributed by atoms with Gasteiger partial charge in [-0.2, -0.15) is 0 Å². The fourth-order valence-electron chi connectivity index (χ4n) is 6.82. The second-order valence-corrected chi connectivity index (χ2v) is 11.5. The van der Waals surface area contributed by atoms with E-state index >= 15 is 0 Å². The third-order valence-corrected chi connectivity index (χ3v) is 8.92. The highest BCUT2D eigenvalue weighted by Gasteiger charge is 2.24. The first-order valence-corrected chi connectivity index (χ1v) is 15.3. The molecule has 0 bridgehead atoms. The fourth-order valence-corrected chi connectivity index (χ4v) is 6.82. The summed E-state index contributed by atoms with van der Waals surface area (Å²) in [5.41, 5.74) is 9.15. The van der Waals surface area contributed by atoms with Crippen molar-refractivity contribution >= 4 is 21.5 Å². The molecule has 1 heterocycles. The molecule has 0 aliphatic heterocycles. The molecule has 2 unspecified atom stereocenters. The summed E-state index contributed by atoms with van der Waals surface area (Å²) in [7, 11) is 0. The molecule has 0 radical (unpaired) electrons. The van der Waals surface area contributed by atoms with E-state index in [0.29, 0.717) is 5.92 Å². The van der Waals surface area contributed by atoms with Gasteiger partial charge in [0.05, 0.1) is 0 Å². The summed E-state index contributed by atoms with van der Waals surface area (Å²) < 4.78 is 0. The predicted octanol–water partition coefficient (Wildman–Crippen LogP) is 11.0. The topological polar surface area (TPSA) is 12.9 Å². The summed E-state index contributed by atoms with van der Waals surface area (Å²) >= 11 is 0. The quantitative estimate of drug-likeness (QED) is 0.183. The molecular formula is C42H35N. The van der Waals surface area contributed by atoms with Gasteiger partial charge < -0.3 is 0 Å². The molecule has 0 amide bonds. The second-order valence-electron chi connectivity index (χ2n) is 11.5. The molecular weight excluding hydrogens is 518 g/mol. The van der Waals surface area contributed by atoms with Crippen molar-refractivity contribution in [2.45, 2.75) is 31.1 Å². The Morgan fingerprint density at radius 2 is 1.33 bits per heavy atom. The van der Waals surface area contributed by atoms with E-state index in [0.717, 1.165) is 19.3 Å². The van der Waals surface area contributed by atoms with Crippen LogP contribution in [0, 0.1) is 0 Å². The minimum Gasteiger partial charge on any atom is -0.265 e. The van der Waals surface area contributed by atoms with E-state index in [-0.39, 0.29) is 5.92 Å². The van der Waals surface area contributed by atoms with Crippen LogP contribution in [0.15, 0.2) is 170 Å². The zero-order chi connectivity index (χ0) is 29.0. The van der Waals surface area contributed by atoms with Gasteiger partial charge in [0.25, 0.3) is 0 Å². The molecule has 0 saturated heterocycles. The summed E-state index contributed by atoms with van der Waals surface area (Å²) in [4.78, 5) is 4.13. The van der Waals surface area contributed by atoms with Gasteiger partial charge in [0.15, 0.2) is 0 Å². The third-order valence-electron chi connectivity index (χ3n) is 8.92. The van der Waals surface area contributed by atoms with Crippen LogP contribution in [-0.4, -0.2) is 4.98 Å². The van der Waals surface area contributed by atoms with Gasteiger partial charge in [0.2, 0.25) is 0 Å². The van der Waals surface area contributed by atoms with Crippen LogP contribution in [0.2, 0.25) is 0 Å². The van der Waals surface area contributed by atoms with Gasteiger partial charge in [-0.15, -0.1) is 0 Å². The average molecular weight is 554 g/mol. The Kier molecular flexibility index (Phi) is 7.54. The zero-order valence-corrected chi connectivity index (χ0v) is 24.4. The molecule has 1 nitrogen and oxygen atoms in total. The normalized spacial score (nSPS) is 18.2. The van der Waals surface area contributed by atoms with Gasteiger partial charge in [0, 0.05) is 24.2 Å². The molecule has 2 aliphatic rings. The summed E-state index contributed by atoms with van der Waals surface area (Å²) in [6.07, 6.45) is 26.9. The number of benzene rings is 4. The van der Waals surface area contributed by atoms with Crippen molar-refractivity contribution in [3.8, 4) is 11.1 Å². The van der Waals surface area contributed by atoms with Gasteiger partial charge in [-0.25, -0.2) is 0 Å². The van der Waals surface area contributed by atoms with Crippen molar-refractivity contribution < 1.29 is 0 Å². The van der Waals surface area contributed by atoms with Crippen LogP contribution in [0.25, 0.3) is 32.7 Å². The number of hydrogen-bond acceptors (Lipinski definition) is 1. The first kappa shape index (κ1) is 26.9. The van der Waals surface area contributed by atoms with Crippen molar-refractivity contribution in [1.82, 2.24) is 4.98 Å². The Morgan fingerprint density at radius 3 is 1.93 bits per heavy atom. The minimum atomic E-state index is 0.286. The molecule has 2 atom stereocenters. The maximum Gasteiger partial charge on any atom is 0.0273 e. The molecule has 0 N–H and O–H groups in total. The molecule has 1 heteroatoms. The van der Waals surface area contributed by atoms with E-state index in [9.17, 15) is 0 Å². The number of pyridine rings is 1. The molecule has 5 aromatic rings. The predicted molar refractivity (Wildman–Crippen MR) is 183 cm³/mol. The van der Waals surface area contributed by atoms with Gasteiger partial charge >= 0.3 is 0 Å². The van der Waals surface area contributed by atoms with Gasteiger partial charge in [-0.3, -0.25) is 4.98 Å². The molecule has 43 heavy (non-hydrogen) atoms. The summed E-state index contributed by atoms with van der Waals surface area (Å²) in [6.45, 7) is 4.14. The number of nitrogens with zero attached hydrogens (tertiary/aromatic N) is 1. The van der Waals surface area contributed by atoms with Crippen LogP contribution < -0.4 is 0 Å². The first-order chi connectivity index (χ1) is 21.3. The van der Waals surface area contributed by atoms with Crippen LogP contribution in [-0.2, 0) is 6.42 Å². The SMILES string of the molecule is C=CC1=C(/C=C\Cc2ccc(-c3ccncc3)cc2)CC(c2c3ccccc3c(C3C=CC=CC3)c3ccccc23)C=C1. The molecule has 1 aromatic heterocycles. The van der Waals surface area contributed by atoms with Gasteiger partial charge in [-0.05, 0) is 91.9 Å². The standard InChI is InChI=1S/C42H35N/c1-2-31-23-24-36(29-35(31)14-10-11-30-19-21-32(22-20-30)33-25-27-43-28-26-33)42-39-17-8-6-15-37(39)41(34-12-4-3-5-13-34)38-16-7-9-18-40(38)42/h2-10,12,14-28,34,36H,1,11,13,29H2/b14-10-. The highest BCUT2D eigenvalue weighted by Crippen LogP contribution is 2.45. The van der Waals surface area contributed by atoms with Gasteiger partial charge in [-0.1, -0.05) is 134 Å². The van der Waals surface area contributed by atoms with Crippen molar-refractivity contribution in [1.29, 1.82) is 0 Å². The van der Waals surface area contributed by atoms with E-state index in [1.54, 1.807) is 0 Å². The van der Waals surface area contributed by atoms with Crippen LogP contribution in [0.4, 0.5) is 0 Å². The van der Waals surface area contributed by atoms with E-state index in [1.807, 2.05) is 18.5 Å². The lowest BCUT2D eigenvalue weighted by molar-refractivity contribution is 0.833. The molecule has 0 fully saturated rings. The number of fused-ring (bicyclic) bond motifs is 2. The maximum atomic E-state index is 4.14. The van der Waals surface area contributed by atoms with Crippen molar-refractivity contribution in [3.05, 3.63) is 186 Å². The largest absolute Gasteiger partial charge is 0.265 e. The van der Waals surface area contributed by atoms with E-state index < -0.39 is 0 Å². The number of allylic oxidation sites excluding steroid dienone is 11. The molecule has 7 rings (SSSR count). The highest BCUT2D eigenvalue weighted by molar-refractivity contribution is 6.07.